The molecule has 1 heterocycles. The molecule has 0 saturated heterocycles. The Morgan fingerprint density at radius 3 is 2.64 bits per heavy atom. The summed E-state index contributed by atoms with van der Waals surface area (Å²) in [7, 11) is 1.26. The first kappa shape index (κ1) is 15.2. The quantitative estimate of drug-likeness (QED) is 0.688. The number of carbonyl (C=O) groups is 2. The molecule has 0 radical (unpaired) electrons. The van der Waals surface area contributed by atoms with E-state index in [0.717, 1.165) is 6.07 Å². The summed E-state index contributed by atoms with van der Waals surface area (Å²) < 4.78 is 4.59. The van der Waals surface area contributed by atoms with Crippen LogP contribution in [-0.2, 0) is 16.0 Å². The van der Waals surface area contributed by atoms with E-state index in [1.165, 1.54) is 13.2 Å². The van der Waals surface area contributed by atoms with Crippen molar-refractivity contribution >= 4 is 17.6 Å². The first-order valence-electron chi connectivity index (χ1n) is 6.28. The molecule has 2 aromatic rings. The van der Waals surface area contributed by atoms with Crippen molar-refractivity contribution < 1.29 is 14.3 Å². The topological polar surface area (TPSA) is 121 Å². The normalized spacial score (nSPS) is 10.0. The molecule has 0 aliphatic carbocycles. The standard InChI is InChI=1S/C14H13N3O5/c1-22-13(20)8-3-2-4-9(5-8)15-11(18)6-10-7-12(19)17-14(21)16-10/h2-5,7H,6H2,1H3,(H,15,18)(H2,16,17,19,21). The van der Waals surface area contributed by atoms with E-state index in [0.29, 0.717) is 11.3 Å². The van der Waals surface area contributed by atoms with Gasteiger partial charge in [-0.1, -0.05) is 6.07 Å². The highest BCUT2D eigenvalue weighted by Crippen LogP contribution is 2.11. The van der Waals surface area contributed by atoms with Gasteiger partial charge in [-0.05, 0) is 18.2 Å². The summed E-state index contributed by atoms with van der Waals surface area (Å²) in [5, 5.41) is 2.57. The molecule has 1 amide bonds. The number of methoxy groups -OCH3 is 1. The minimum Gasteiger partial charge on any atom is -0.465 e. The molecular weight excluding hydrogens is 290 g/mol. The van der Waals surface area contributed by atoms with Crippen molar-refractivity contribution in [3.63, 3.8) is 0 Å². The number of benzene rings is 1. The van der Waals surface area contributed by atoms with Crippen LogP contribution in [0.3, 0.4) is 0 Å². The van der Waals surface area contributed by atoms with Crippen molar-refractivity contribution in [1.82, 2.24) is 9.97 Å². The molecule has 0 spiro atoms. The van der Waals surface area contributed by atoms with Gasteiger partial charge in [-0.15, -0.1) is 0 Å². The highest BCUT2D eigenvalue weighted by Gasteiger charge is 2.09. The van der Waals surface area contributed by atoms with Crippen LogP contribution < -0.4 is 16.6 Å². The Hall–Kier alpha value is -3.16. The molecule has 0 aliphatic rings. The number of ether oxygens (including phenoxy) is 1. The van der Waals surface area contributed by atoms with Crippen LogP contribution >= 0.6 is 0 Å². The summed E-state index contributed by atoms with van der Waals surface area (Å²) in [5.74, 6) is -0.960. The van der Waals surface area contributed by atoms with Gasteiger partial charge in [0, 0.05) is 17.4 Å². The third-order valence-corrected chi connectivity index (χ3v) is 2.73. The molecule has 2 rings (SSSR count). The third-order valence-electron chi connectivity index (χ3n) is 2.73. The van der Waals surface area contributed by atoms with E-state index < -0.39 is 23.1 Å². The summed E-state index contributed by atoms with van der Waals surface area (Å²) in [5.41, 5.74) is -0.373. The predicted octanol–water partition coefficient (Wildman–Crippen LogP) is 0.0310. The molecule has 114 valence electrons. The first-order valence-corrected chi connectivity index (χ1v) is 6.28. The first-order chi connectivity index (χ1) is 10.5. The van der Waals surface area contributed by atoms with Gasteiger partial charge in [0.2, 0.25) is 5.91 Å². The van der Waals surface area contributed by atoms with Crippen LogP contribution in [0, 0.1) is 0 Å². The second kappa shape index (κ2) is 6.53. The van der Waals surface area contributed by atoms with Gasteiger partial charge in [0.1, 0.15) is 0 Å². The molecule has 3 N–H and O–H groups in total. The Kier molecular flexibility index (Phi) is 4.52. The van der Waals surface area contributed by atoms with Crippen molar-refractivity contribution in [3.05, 3.63) is 62.4 Å². The summed E-state index contributed by atoms with van der Waals surface area (Å²) in [6.07, 6.45) is -0.179. The zero-order valence-corrected chi connectivity index (χ0v) is 11.6. The zero-order valence-electron chi connectivity index (χ0n) is 11.6. The van der Waals surface area contributed by atoms with Crippen LogP contribution in [0.15, 0.2) is 39.9 Å². The van der Waals surface area contributed by atoms with Crippen molar-refractivity contribution in [3.8, 4) is 0 Å². The van der Waals surface area contributed by atoms with Crippen molar-refractivity contribution in [1.29, 1.82) is 0 Å². The molecule has 0 saturated carbocycles. The van der Waals surface area contributed by atoms with E-state index in [-0.39, 0.29) is 12.1 Å². The Balaban J connectivity index is 2.10. The molecular formula is C14H13N3O5. The smallest absolute Gasteiger partial charge is 0.337 e. The van der Waals surface area contributed by atoms with Crippen LogP contribution in [-0.4, -0.2) is 29.0 Å². The number of H-pyrrole nitrogens is 2. The minimum absolute atomic E-state index is 0.179. The lowest BCUT2D eigenvalue weighted by Gasteiger charge is -2.06. The lowest BCUT2D eigenvalue weighted by atomic mass is 10.2. The summed E-state index contributed by atoms with van der Waals surface area (Å²) in [6, 6.07) is 7.34. The van der Waals surface area contributed by atoms with Gasteiger partial charge in [-0.25, -0.2) is 9.59 Å². The van der Waals surface area contributed by atoms with E-state index in [1.807, 2.05) is 4.98 Å². The molecule has 8 nitrogen and oxygen atoms in total. The number of aromatic amines is 2. The maximum absolute atomic E-state index is 11.9. The molecule has 22 heavy (non-hydrogen) atoms. The number of hydrogen-bond donors (Lipinski definition) is 3. The number of carbonyl (C=O) groups excluding carboxylic acids is 2. The zero-order chi connectivity index (χ0) is 16.1. The van der Waals surface area contributed by atoms with Crippen LogP contribution in [0.25, 0.3) is 0 Å². The molecule has 1 aromatic carbocycles. The SMILES string of the molecule is COC(=O)c1cccc(NC(=O)Cc2cc(=O)[nH]c(=O)[nH]2)c1. The average Bonchev–Trinajstić information content (AvgIpc) is 2.45. The summed E-state index contributed by atoms with van der Waals surface area (Å²) in [4.78, 5) is 49.9. The number of aromatic nitrogens is 2. The fourth-order valence-corrected chi connectivity index (χ4v) is 1.83. The fourth-order valence-electron chi connectivity index (χ4n) is 1.83. The van der Waals surface area contributed by atoms with E-state index >= 15 is 0 Å². The molecule has 1 aromatic heterocycles. The van der Waals surface area contributed by atoms with Crippen molar-refractivity contribution in [2.24, 2.45) is 0 Å². The second-order valence-electron chi connectivity index (χ2n) is 4.41. The van der Waals surface area contributed by atoms with Gasteiger partial charge in [-0.2, -0.15) is 0 Å². The van der Waals surface area contributed by atoms with Crippen molar-refractivity contribution in [2.75, 3.05) is 12.4 Å². The summed E-state index contributed by atoms with van der Waals surface area (Å²) in [6.45, 7) is 0. The Morgan fingerprint density at radius 1 is 1.18 bits per heavy atom. The largest absolute Gasteiger partial charge is 0.465 e. The van der Waals surface area contributed by atoms with Gasteiger partial charge in [0.25, 0.3) is 5.56 Å². The molecule has 8 heteroatoms. The summed E-state index contributed by atoms with van der Waals surface area (Å²) >= 11 is 0. The monoisotopic (exact) mass is 303 g/mol. The maximum atomic E-state index is 11.9. The molecule has 0 atom stereocenters. The number of amides is 1. The number of rotatable bonds is 4. The second-order valence-corrected chi connectivity index (χ2v) is 4.41. The third kappa shape index (κ3) is 3.92. The van der Waals surface area contributed by atoms with Gasteiger partial charge in [0.05, 0.1) is 19.1 Å². The average molecular weight is 303 g/mol. The van der Waals surface area contributed by atoms with E-state index in [2.05, 4.69) is 15.0 Å². The van der Waals surface area contributed by atoms with Crippen LogP contribution in [0.4, 0.5) is 5.69 Å². The molecule has 0 aliphatic heterocycles. The number of hydrogen-bond acceptors (Lipinski definition) is 5. The highest BCUT2D eigenvalue weighted by molar-refractivity contribution is 5.95. The number of nitrogens with one attached hydrogen (secondary N) is 3. The number of esters is 1. The minimum atomic E-state index is -0.678. The van der Waals surface area contributed by atoms with Crippen molar-refractivity contribution in [2.45, 2.75) is 6.42 Å². The Bertz CT molecular complexity index is 793. The van der Waals surface area contributed by atoms with E-state index in [4.69, 9.17) is 0 Å². The van der Waals surface area contributed by atoms with Crippen LogP contribution in [0.5, 0.6) is 0 Å². The van der Waals surface area contributed by atoms with Gasteiger partial charge >= 0.3 is 11.7 Å². The lowest BCUT2D eigenvalue weighted by molar-refractivity contribution is -0.115. The Labute approximate surface area is 124 Å². The van der Waals surface area contributed by atoms with E-state index in [1.54, 1.807) is 18.2 Å². The molecule has 0 unspecified atom stereocenters. The highest BCUT2D eigenvalue weighted by atomic mass is 16.5. The fraction of sp³-hybridized carbons (Fsp3) is 0.143. The van der Waals surface area contributed by atoms with Gasteiger partial charge < -0.3 is 15.0 Å². The lowest BCUT2D eigenvalue weighted by Crippen LogP contribution is -2.25. The number of anilines is 1. The van der Waals surface area contributed by atoms with Crippen LogP contribution in [0.2, 0.25) is 0 Å². The van der Waals surface area contributed by atoms with Crippen LogP contribution in [0.1, 0.15) is 16.1 Å². The predicted molar refractivity (Wildman–Crippen MR) is 77.8 cm³/mol. The van der Waals surface area contributed by atoms with Gasteiger partial charge in [0.15, 0.2) is 0 Å². The van der Waals surface area contributed by atoms with E-state index in [9.17, 15) is 19.2 Å². The maximum Gasteiger partial charge on any atom is 0.337 e. The Morgan fingerprint density at radius 2 is 1.95 bits per heavy atom. The molecule has 0 bridgehead atoms. The molecule has 0 fully saturated rings. The van der Waals surface area contributed by atoms with Gasteiger partial charge in [-0.3, -0.25) is 14.6 Å².